The largest absolute Gasteiger partial charge is 0.422 e. The minimum absolute atomic E-state index is 0.0582. The van der Waals surface area contributed by atoms with E-state index in [2.05, 4.69) is 4.98 Å². The zero-order valence-electron chi connectivity index (χ0n) is 12.4. The van der Waals surface area contributed by atoms with E-state index in [1.165, 1.54) is 0 Å². The maximum Gasteiger partial charge on any atom is 0.343 e. The number of rotatable bonds is 4. The molecule has 1 aromatic carbocycles. The summed E-state index contributed by atoms with van der Waals surface area (Å²) in [5.74, 6) is -3.48. The van der Waals surface area contributed by atoms with E-state index in [-0.39, 0.29) is 11.4 Å². The molecule has 1 fully saturated rings. The molecule has 0 unspecified atom stereocenters. The Kier molecular flexibility index (Phi) is 4.30. The Hall–Kier alpha value is -2.01. The molecule has 24 heavy (non-hydrogen) atoms. The predicted molar refractivity (Wildman–Crippen MR) is 78.8 cm³/mol. The van der Waals surface area contributed by atoms with Gasteiger partial charge in [-0.15, -0.1) is 0 Å². The van der Waals surface area contributed by atoms with E-state index in [1.807, 2.05) is 0 Å². The molecule has 3 rings (SSSR count). The Balaban J connectivity index is 1.88. The van der Waals surface area contributed by atoms with Gasteiger partial charge in [-0.05, 0) is 12.1 Å². The molecule has 1 saturated heterocycles. The molecule has 0 aliphatic carbocycles. The van der Waals surface area contributed by atoms with Crippen LogP contribution >= 0.6 is 0 Å². The number of aliphatic hydroxyl groups excluding tert-OH is 4. The molecule has 0 spiro atoms. The number of hydrogen-bond donors (Lipinski definition) is 6. The summed E-state index contributed by atoms with van der Waals surface area (Å²) in [7, 11) is 0. The molecular formula is C15H17NO8. The van der Waals surface area contributed by atoms with Gasteiger partial charge in [-0.25, -0.2) is 4.79 Å². The molecule has 6 N–H and O–H groups in total. The van der Waals surface area contributed by atoms with Crippen LogP contribution in [0.3, 0.4) is 0 Å². The minimum Gasteiger partial charge on any atom is -0.422 e. The number of carbonyl (C=O) groups is 1. The van der Waals surface area contributed by atoms with Gasteiger partial charge in [0.25, 0.3) is 0 Å². The molecule has 1 aromatic heterocycles. The number of hydrogen-bond acceptors (Lipinski definition) is 8. The predicted octanol–water partition coefficient (Wildman–Crippen LogP) is -1.63. The minimum atomic E-state index is -2.46. The number of benzene rings is 1. The van der Waals surface area contributed by atoms with Crippen molar-refractivity contribution in [1.82, 2.24) is 4.98 Å². The van der Waals surface area contributed by atoms with Crippen LogP contribution in [0.5, 0.6) is 5.75 Å². The van der Waals surface area contributed by atoms with Crippen LogP contribution in [0.15, 0.2) is 24.3 Å². The van der Waals surface area contributed by atoms with Crippen LogP contribution in [0.4, 0.5) is 0 Å². The number of para-hydroxylation sites is 1. The Labute approximate surface area is 135 Å². The van der Waals surface area contributed by atoms with Crippen molar-refractivity contribution >= 4 is 16.9 Å². The van der Waals surface area contributed by atoms with Crippen LogP contribution in [0.2, 0.25) is 0 Å². The van der Waals surface area contributed by atoms with Gasteiger partial charge in [0, 0.05) is 10.9 Å². The summed E-state index contributed by atoms with van der Waals surface area (Å²) < 4.78 is 10.1. The highest BCUT2D eigenvalue weighted by Gasteiger charge is 2.56. The molecule has 130 valence electrons. The lowest BCUT2D eigenvalue weighted by molar-refractivity contribution is -0.246. The van der Waals surface area contributed by atoms with Gasteiger partial charge >= 0.3 is 5.97 Å². The summed E-state index contributed by atoms with van der Waals surface area (Å²) in [6.07, 6.45) is -5.35. The standard InChI is InChI=1S/C15H17NO8/c17-5-9-11(7-3-1-2-4-8(7)16-9)23-14(21)12-10(19)13(20)15(22,6-18)24-12/h1-4,10,12-13,16-20,22H,5-6H2/t10-,12+,13+,15-/m0/s1. The lowest BCUT2D eigenvalue weighted by atomic mass is 10.1. The fraction of sp³-hybridized carbons (Fsp3) is 0.400. The molecule has 9 nitrogen and oxygen atoms in total. The maximum absolute atomic E-state index is 12.3. The van der Waals surface area contributed by atoms with E-state index < -0.39 is 43.3 Å². The summed E-state index contributed by atoms with van der Waals surface area (Å²) in [5, 5.41) is 48.4. The van der Waals surface area contributed by atoms with Crippen molar-refractivity contribution in [2.45, 2.75) is 30.7 Å². The smallest absolute Gasteiger partial charge is 0.343 e. The van der Waals surface area contributed by atoms with Gasteiger partial charge in [-0.2, -0.15) is 0 Å². The van der Waals surface area contributed by atoms with Crippen LogP contribution < -0.4 is 4.74 Å². The van der Waals surface area contributed by atoms with Crippen LogP contribution in [-0.4, -0.2) is 67.2 Å². The normalized spacial score (nSPS) is 30.0. The van der Waals surface area contributed by atoms with Crippen molar-refractivity contribution in [3.63, 3.8) is 0 Å². The number of nitrogens with one attached hydrogen (secondary N) is 1. The quantitative estimate of drug-likeness (QED) is 0.363. The zero-order valence-corrected chi connectivity index (χ0v) is 12.4. The van der Waals surface area contributed by atoms with Gasteiger partial charge in [-0.3, -0.25) is 0 Å². The van der Waals surface area contributed by atoms with E-state index in [1.54, 1.807) is 24.3 Å². The average molecular weight is 339 g/mol. The maximum atomic E-state index is 12.3. The highest BCUT2D eigenvalue weighted by molar-refractivity contribution is 5.91. The third-order valence-corrected chi connectivity index (χ3v) is 3.98. The van der Waals surface area contributed by atoms with Crippen molar-refractivity contribution in [3.05, 3.63) is 30.0 Å². The summed E-state index contributed by atoms with van der Waals surface area (Å²) in [6.45, 7) is -1.43. The van der Waals surface area contributed by atoms with Crippen molar-refractivity contribution < 1.29 is 39.8 Å². The molecular weight excluding hydrogens is 322 g/mol. The average Bonchev–Trinajstić information content (AvgIpc) is 3.06. The Morgan fingerprint density at radius 3 is 2.62 bits per heavy atom. The first-order chi connectivity index (χ1) is 11.4. The number of carbonyl (C=O) groups excluding carboxylic acids is 1. The molecule has 2 heterocycles. The van der Waals surface area contributed by atoms with Crippen molar-refractivity contribution in [3.8, 4) is 5.75 Å². The molecule has 1 aliphatic rings. The second-order valence-corrected chi connectivity index (χ2v) is 5.53. The highest BCUT2D eigenvalue weighted by Crippen LogP contribution is 2.33. The van der Waals surface area contributed by atoms with Crippen LogP contribution in [0, 0.1) is 0 Å². The van der Waals surface area contributed by atoms with E-state index in [9.17, 15) is 25.2 Å². The summed E-state index contributed by atoms with van der Waals surface area (Å²) in [6, 6.07) is 6.86. The second-order valence-electron chi connectivity index (χ2n) is 5.53. The summed E-state index contributed by atoms with van der Waals surface area (Å²) in [4.78, 5) is 15.2. The number of fused-ring (bicyclic) bond motifs is 1. The number of ether oxygens (including phenoxy) is 2. The van der Waals surface area contributed by atoms with Gasteiger partial charge in [0.15, 0.2) is 11.9 Å². The van der Waals surface area contributed by atoms with Crippen LogP contribution in [0.1, 0.15) is 5.69 Å². The number of esters is 1. The van der Waals surface area contributed by atoms with Crippen molar-refractivity contribution in [1.29, 1.82) is 0 Å². The molecule has 1 aliphatic heterocycles. The first-order valence-corrected chi connectivity index (χ1v) is 7.20. The molecule has 0 amide bonds. The molecule has 9 heteroatoms. The van der Waals surface area contributed by atoms with E-state index in [0.29, 0.717) is 10.9 Å². The van der Waals surface area contributed by atoms with Gasteiger partial charge in [0.05, 0.1) is 18.9 Å². The third-order valence-electron chi connectivity index (χ3n) is 3.98. The lowest BCUT2D eigenvalue weighted by Crippen LogP contribution is -2.46. The van der Waals surface area contributed by atoms with Gasteiger partial charge in [-0.1, -0.05) is 12.1 Å². The first kappa shape index (κ1) is 16.8. The Morgan fingerprint density at radius 2 is 2.00 bits per heavy atom. The molecule has 2 aromatic rings. The monoisotopic (exact) mass is 339 g/mol. The third kappa shape index (κ3) is 2.57. The van der Waals surface area contributed by atoms with Crippen LogP contribution in [-0.2, 0) is 16.1 Å². The van der Waals surface area contributed by atoms with E-state index in [0.717, 1.165) is 0 Å². The van der Waals surface area contributed by atoms with Gasteiger partial charge in [0.2, 0.25) is 5.79 Å². The molecule has 0 saturated carbocycles. The molecule has 0 bridgehead atoms. The Bertz CT molecular complexity index is 759. The Morgan fingerprint density at radius 1 is 1.29 bits per heavy atom. The summed E-state index contributed by atoms with van der Waals surface area (Å²) in [5.41, 5.74) is 0.874. The second kappa shape index (κ2) is 6.13. The topological polar surface area (TPSA) is 152 Å². The first-order valence-electron chi connectivity index (χ1n) is 7.20. The molecule has 0 radical (unpaired) electrons. The fourth-order valence-electron chi connectivity index (χ4n) is 2.67. The SMILES string of the molecule is O=C(Oc1c(CO)[nH]c2ccccc12)[C@@H]1O[C@@](O)(CO)[C@H](O)[C@H]1O. The van der Waals surface area contributed by atoms with E-state index in [4.69, 9.17) is 14.6 Å². The lowest BCUT2D eigenvalue weighted by Gasteiger charge is -2.22. The fourth-order valence-corrected chi connectivity index (χ4v) is 2.67. The van der Waals surface area contributed by atoms with Gasteiger partial charge < -0.3 is 40.0 Å². The number of H-pyrrole nitrogens is 1. The van der Waals surface area contributed by atoms with Crippen molar-refractivity contribution in [2.24, 2.45) is 0 Å². The number of aromatic nitrogens is 1. The van der Waals surface area contributed by atoms with Crippen molar-refractivity contribution in [2.75, 3.05) is 6.61 Å². The highest BCUT2D eigenvalue weighted by atomic mass is 16.7. The molecule has 4 atom stereocenters. The van der Waals surface area contributed by atoms with Crippen LogP contribution in [0.25, 0.3) is 10.9 Å². The number of aromatic amines is 1. The number of aliphatic hydroxyl groups is 5. The zero-order chi connectivity index (χ0) is 17.5. The van der Waals surface area contributed by atoms with E-state index >= 15 is 0 Å². The van der Waals surface area contributed by atoms with Gasteiger partial charge in [0.1, 0.15) is 12.2 Å². The summed E-state index contributed by atoms with van der Waals surface area (Å²) >= 11 is 0.